The first-order valence-corrected chi connectivity index (χ1v) is 5.90. The highest BCUT2D eigenvalue weighted by Gasteiger charge is 2.15. The standard InChI is InChI=1S/C12H22N2O3/c1-4-7-14(9-11(15)16)12(17)13-8-10(5-2)6-3/h4,10H,1,5-9H2,2-3H3,(H,13,17)(H,15,16). The predicted octanol–water partition coefficient (Wildman–Crippen LogP) is 1.70. The molecule has 2 amide bonds. The van der Waals surface area contributed by atoms with Gasteiger partial charge in [-0.1, -0.05) is 32.8 Å². The molecule has 0 saturated carbocycles. The number of amides is 2. The van der Waals surface area contributed by atoms with Crippen molar-refractivity contribution in [1.29, 1.82) is 0 Å². The molecular formula is C12H22N2O3. The fourth-order valence-corrected chi connectivity index (χ4v) is 1.46. The van der Waals surface area contributed by atoms with E-state index >= 15 is 0 Å². The van der Waals surface area contributed by atoms with Crippen LogP contribution in [0.3, 0.4) is 0 Å². The first-order chi connectivity index (χ1) is 8.04. The first-order valence-electron chi connectivity index (χ1n) is 5.90. The lowest BCUT2D eigenvalue weighted by Gasteiger charge is -2.21. The second kappa shape index (κ2) is 8.61. The van der Waals surface area contributed by atoms with E-state index in [1.807, 2.05) is 0 Å². The van der Waals surface area contributed by atoms with Crippen LogP contribution in [-0.2, 0) is 4.79 Å². The lowest BCUT2D eigenvalue weighted by Crippen LogP contribution is -2.44. The van der Waals surface area contributed by atoms with Crippen molar-refractivity contribution in [2.45, 2.75) is 26.7 Å². The van der Waals surface area contributed by atoms with E-state index in [0.717, 1.165) is 12.8 Å². The number of urea groups is 1. The van der Waals surface area contributed by atoms with Gasteiger partial charge in [0.05, 0.1) is 0 Å². The summed E-state index contributed by atoms with van der Waals surface area (Å²) in [7, 11) is 0. The Morgan fingerprint density at radius 2 is 2.00 bits per heavy atom. The quantitative estimate of drug-likeness (QED) is 0.636. The minimum atomic E-state index is -1.02. The summed E-state index contributed by atoms with van der Waals surface area (Å²) < 4.78 is 0. The van der Waals surface area contributed by atoms with Gasteiger partial charge in [0.25, 0.3) is 0 Å². The summed E-state index contributed by atoms with van der Waals surface area (Å²) in [4.78, 5) is 23.5. The van der Waals surface area contributed by atoms with E-state index < -0.39 is 5.97 Å². The number of carbonyl (C=O) groups is 2. The molecule has 0 aromatic heterocycles. The van der Waals surface area contributed by atoms with E-state index in [2.05, 4.69) is 25.7 Å². The molecule has 0 bridgehead atoms. The molecule has 0 saturated heterocycles. The Hall–Kier alpha value is -1.52. The molecule has 0 aliphatic carbocycles. The molecule has 0 aromatic carbocycles. The number of rotatable bonds is 8. The fourth-order valence-electron chi connectivity index (χ4n) is 1.46. The van der Waals surface area contributed by atoms with Crippen molar-refractivity contribution in [3.8, 4) is 0 Å². The van der Waals surface area contributed by atoms with E-state index in [0.29, 0.717) is 12.5 Å². The van der Waals surface area contributed by atoms with Crippen molar-refractivity contribution in [1.82, 2.24) is 10.2 Å². The van der Waals surface area contributed by atoms with Gasteiger partial charge >= 0.3 is 12.0 Å². The summed E-state index contributed by atoms with van der Waals surface area (Å²) in [5.41, 5.74) is 0. The Morgan fingerprint density at radius 1 is 1.41 bits per heavy atom. The third kappa shape index (κ3) is 6.60. The van der Waals surface area contributed by atoms with Crippen LogP contribution in [0, 0.1) is 5.92 Å². The molecule has 0 rings (SSSR count). The average Bonchev–Trinajstić information content (AvgIpc) is 2.29. The van der Waals surface area contributed by atoms with Crippen molar-refractivity contribution in [2.75, 3.05) is 19.6 Å². The summed E-state index contributed by atoms with van der Waals surface area (Å²) in [5, 5.41) is 11.4. The van der Waals surface area contributed by atoms with Crippen LogP contribution in [0.15, 0.2) is 12.7 Å². The molecule has 0 heterocycles. The molecule has 2 N–H and O–H groups in total. The van der Waals surface area contributed by atoms with Crippen LogP contribution in [0.1, 0.15) is 26.7 Å². The zero-order valence-electron chi connectivity index (χ0n) is 10.6. The van der Waals surface area contributed by atoms with Gasteiger partial charge in [-0.25, -0.2) is 4.79 Å². The van der Waals surface area contributed by atoms with Crippen LogP contribution in [-0.4, -0.2) is 41.6 Å². The number of carboxylic acid groups (broad SMARTS) is 1. The zero-order valence-corrected chi connectivity index (χ0v) is 10.6. The highest BCUT2D eigenvalue weighted by atomic mass is 16.4. The van der Waals surface area contributed by atoms with Crippen LogP contribution < -0.4 is 5.32 Å². The Morgan fingerprint density at radius 3 is 2.41 bits per heavy atom. The van der Waals surface area contributed by atoms with Crippen LogP contribution in [0.5, 0.6) is 0 Å². The molecule has 0 aliphatic heterocycles. The van der Waals surface area contributed by atoms with Crippen molar-refractivity contribution < 1.29 is 14.7 Å². The lowest BCUT2D eigenvalue weighted by molar-refractivity contribution is -0.137. The average molecular weight is 242 g/mol. The van der Waals surface area contributed by atoms with Crippen molar-refractivity contribution >= 4 is 12.0 Å². The zero-order chi connectivity index (χ0) is 13.3. The summed E-state index contributed by atoms with van der Waals surface area (Å²) in [6.45, 7) is 8.16. The van der Waals surface area contributed by atoms with Gasteiger partial charge in [0.2, 0.25) is 0 Å². The smallest absolute Gasteiger partial charge is 0.323 e. The summed E-state index contributed by atoms with van der Waals surface area (Å²) in [6, 6.07) is -0.348. The minimum Gasteiger partial charge on any atom is -0.480 e. The number of nitrogens with one attached hydrogen (secondary N) is 1. The number of carboxylic acids is 1. The molecule has 5 nitrogen and oxygen atoms in total. The predicted molar refractivity (Wildman–Crippen MR) is 66.9 cm³/mol. The van der Waals surface area contributed by atoms with E-state index in [9.17, 15) is 9.59 Å². The maximum atomic E-state index is 11.7. The van der Waals surface area contributed by atoms with Gasteiger partial charge < -0.3 is 15.3 Å². The van der Waals surface area contributed by atoms with E-state index in [1.165, 1.54) is 11.0 Å². The van der Waals surface area contributed by atoms with Gasteiger partial charge in [-0.05, 0) is 5.92 Å². The third-order valence-electron chi connectivity index (χ3n) is 2.66. The van der Waals surface area contributed by atoms with E-state index in [4.69, 9.17) is 5.11 Å². The van der Waals surface area contributed by atoms with Crippen LogP contribution in [0.2, 0.25) is 0 Å². The van der Waals surface area contributed by atoms with Gasteiger partial charge in [-0.3, -0.25) is 4.79 Å². The Labute approximate surface area is 102 Å². The highest BCUT2D eigenvalue weighted by molar-refractivity contribution is 5.80. The first kappa shape index (κ1) is 15.5. The van der Waals surface area contributed by atoms with Gasteiger partial charge in [-0.2, -0.15) is 0 Å². The van der Waals surface area contributed by atoms with E-state index in [1.54, 1.807) is 0 Å². The largest absolute Gasteiger partial charge is 0.480 e. The summed E-state index contributed by atoms with van der Waals surface area (Å²) in [5.74, 6) is -0.584. The summed E-state index contributed by atoms with van der Waals surface area (Å²) >= 11 is 0. The van der Waals surface area contributed by atoms with Crippen molar-refractivity contribution in [3.63, 3.8) is 0 Å². The number of hydrogen-bond acceptors (Lipinski definition) is 2. The van der Waals surface area contributed by atoms with Gasteiger partial charge in [0.15, 0.2) is 0 Å². The molecule has 0 spiro atoms. The Bertz CT molecular complexity index is 262. The fraction of sp³-hybridized carbons (Fsp3) is 0.667. The van der Waals surface area contributed by atoms with Gasteiger partial charge in [0.1, 0.15) is 6.54 Å². The molecule has 0 radical (unpaired) electrons. The number of nitrogens with zero attached hydrogens (tertiary/aromatic N) is 1. The minimum absolute atomic E-state index is 0.237. The lowest BCUT2D eigenvalue weighted by atomic mass is 10.0. The highest BCUT2D eigenvalue weighted by Crippen LogP contribution is 2.05. The van der Waals surface area contributed by atoms with Crippen molar-refractivity contribution in [2.24, 2.45) is 5.92 Å². The number of hydrogen-bond donors (Lipinski definition) is 2. The molecule has 0 aliphatic rings. The van der Waals surface area contributed by atoms with Gasteiger partial charge in [0, 0.05) is 13.1 Å². The molecule has 0 fully saturated rings. The third-order valence-corrected chi connectivity index (χ3v) is 2.66. The maximum absolute atomic E-state index is 11.7. The maximum Gasteiger partial charge on any atom is 0.323 e. The van der Waals surface area contributed by atoms with E-state index in [-0.39, 0.29) is 19.1 Å². The SMILES string of the molecule is C=CCN(CC(=O)O)C(=O)NCC(CC)CC. The molecule has 0 aromatic rings. The molecule has 0 atom stereocenters. The van der Waals surface area contributed by atoms with Crippen LogP contribution >= 0.6 is 0 Å². The number of aliphatic carboxylic acids is 1. The second-order valence-corrected chi connectivity index (χ2v) is 3.93. The topological polar surface area (TPSA) is 69.6 Å². The van der Waals surface area contributed by atoms with Crippen LogP contribution in [0.4, 0.5) is 4.79 Å². The molecule has 17 heavy (non-hydrogen) atoms. The van der Waals surface area contributed by atoms with Crippen LogP contribution in [0.25, 0.3) is 0 Å². The molecular weight excluding hydrogens is 220 g/mol. The Balaban J connectivity index is 4.21. The Kier molecular flexibility index (Phi) is 7.84. The monoisotopic (exact) mass is 242 g/mol. The molecule has 5 heteroatoms. The second-order valence-electron chi connectivity index (χ2n) is 3.93. The normalized spacial score (nSPS) is 10.1. The van der Waals surface area contributed by atoms with Gasteiger partial charge in [-0.15, -0.1) is 6.58 Å². The molecule has 98 valence electrons. The van der Waals surface area contributed by atoms with Crippen molar-refractivity contribution in [3.05, 3.63) is 12.7 Å². The summed E-state index contributed by atoms with van der Waals surface area (Å²) in [6.07, 6.45) is 3.51. The number of carbonyl (C=O) groups excluding carboxylic acids is 1. The molecule has 0 unspecified atom stereocenters.